The van der Waals surface area contributed by atoms with E-state index in [2.05, 4.69) is 5.32 Å². The summed E-state index contributed by atoms with van der Waals surface area (Å²) in [6, 6.07) is 17.2. The molecule has 2 rings (SSSR count). The Morgan fingerprint density at radius 1 is 1.00 bits per heavy atom. The van der Waals surface area contributed by atoms with E-state index in [9.17, 15) is 9.59 Å². The minimum Gasteiger partial charge on any atom is -0.364 e. The molecule has 2 aromatic rings. The average Bonchev–Trinajstić information content (AvgIpc) is 2.71. The summed E-state index contributed by atoms with van der Waals surface area (Å²) in [7, 11) is 0. The third-order valence-electron chi connectivity index (χ3n) is 4.40. The first-order chi connectivity index (χ1) is 13.6. The van der Waals surface area contributed by atoms with Crippen LogP contribution in [0.15, 0.2) is 54.6 Å². The number of rotatable bonds is 11. The number of hydrogen-bond acceptors (Lipinski definition) is 4. The summed E-state index contributed by atoms with van der Waals surface area (Å²) in [6.07, 6.45) is 2.44. The van der Waals surface area contributed by atoms with Crippen LogP contribution in [0.1, 0.15) is 43.2 Å². The van der Waals surface area contributed by atoms with Crippen LogP contribution < -0.4 is 10.8 Å². The predicted molar refractivity (Wildman–Crippen MR) is 108 cm³/mol. The van der Waals surface area contributed by atoms with Crippen molar-refractivity contribution in [1.82, 2.24) is 5.48 Å². The van der Waals surface area contributed by atoms with E-state index >= 15 is 0 Å². The number of carbonyl (C=O) groups excluding carboxylic acids is 2. The maximum atomic E-state index is 11.9. The molecule has 150 valence electrons. The second kappa shape index (κ2) is 11.9. The number of hydroxylamine groups is 1. The molecule has 3 N–H and O–H groups in total. The first kappa shape index (κ1) is 21.6. The Labute approximate surface area is 165 Å². The van der Waals surface area contributed by atoms with Gasteiger partial charge >= 0.3 is 0 Å². The number of hydrogen-bond donors (Lipinski definition) is 3. The van der Waals surface area contributed by atoms with E-state index in [1.54, 1.807) is 5.48 Å². The number of carbonyl (C=O) groups is 2. The van der Waals surface area contributed by atoms with Crippen molar-refractivity contribution >= 4 is 17.5 Å². The van der Waals surface area contributed by atoms with Gasteiger partial charge in [-0.1, -0.05) is 60.9 Å². The Hall–Kier alpha value is -2.70. The second-order valence-corrected chi connectivity index (χ2v) is 6.77. The van der Waals surface area contributed by atoms with Crippen molar-refractivity contribution in [3.05, 3.63) is 65.7 Å². The number of para-hydroxylation sites is 1. The van der Waals surface area contributed by atoms with Gasteiger partial charge < -0.3 is 10.1 Å². The van der Waals surface area contributed by atoms with Crippen LogP contribution in [0.2, 0.25) is 0 Å². The Morgan fingerprint density at radius 3 is 2.39 bits per heavy atom. The molecule has 0 heterocycles. The summed E-state index contributed by atoms with van der Waals surface area (Å²) >= 11 is 0. The average molecular weight is 384 g/mol. The fraction of sp³-hybridized carbons (Fsp3) is 0.364. The molecule has 0 aromatic heterocycles. The molecular formula is C22H28N2O4. The van der Waals surface area contributed by atoms with E-state index in [1.165, 1.54) is 0 Å². The van der Waals surface area contributed by atoms with Gasteiger partial charge in [-0.25, -0.2) is 5.48 Å². The molecule has 0 fully saturated rings. The molecular weight excluding hydrogens is 356 g/mol. The van der Waals surface area contributed by atoms with Crippen LogP contribution in [0.4, 0.5) is 5.69 Å². The maximum Gasteiger partial charge on any atom is 0.272 e. The van der Waals surface area contributed by atoms with Crippen molar-refractivity contribution in [1.29, 1.82) is 0 Å². The number of nitrogens with one attached hydrogen (secondary N) is 2. The lowest BCUT2D eigenvalue weighted by atomic mass is 10.1. The summed E-state index contributed by atoms with van der Waals surface area (Å²) < 4.78 is 5.68. The topological polar surface area (TPSA) is 87.7 Å². The molecule has 0 radical (unpaired) electrons. The molecule has 1 unspecified atom stereocenters. The van der Waals surface area contributed by atoms with Crippen LogP contribution in [0, 0.1) is 6.92 Å². The SMILES string of the molecule is Cc1ccc(COC(CCCCCC(=O)Nc2ccccc2)C(=O)NO)cc1. The smallest absolute Gasteiger partial charge is 0.272 e. The van der Waals surface area contributed by atoms with E-state index in [0.29, 0.717) is 19.4 Å². The summed E-state index contributed by atoms with van der Waals surface area (Å²) in [5.74, 6) is -0.569. The number of ether oxygens (including phenoxy) is 1. The zero-order valence-corrected chi connectivity index (χ0v) is 16.2. The molecule has 1 atom stereocenters. The van der Waals surface area contributed by atoms with Gasteiger partial charge in [0.2, 0.25) is 5.91 Å². The van der Waals surface area contributed by atoms with Gasteiger partial charge in [-0.3, -0.25) is 14.8 Å². The molecule has 2 aromatic carbocycles. The molecule has 0 spiro atoms. The molecule has 6 heteroatoms. The molecule has 0 saturated heterocycles. The minimum absolute atomic E-state index is 0.0218. The van der Waals surface area contributed by atoms with Crippen LogP contribution in [-0.4, -0.2) is 23.1 Å². The van der Waals surface area contributed by atoms with Gasteiger partial charge in [0.15, 0.2) is 0 Å². The Kier molecular flexibility index (Phi) is 9.18. The fourth-order valence-electron chi connectivity index (χ4n) is 2.78. The quantitative estimate of drug-likeness (QED) is 0.311. The van der Waals surface area contributed by atoms with Crippen LogP contribution >= 0.6 is 0 Å². The van der Waals surface area contributed by atoms with Gasteiger partial charge in [-0.2, -0.15) is 0 Å². The predicted octanol–water partition coefficient (Wildman–Crippen LogP) is 3.97. The van der Waals surface area contributed by atoms with E-state index in [1.807, 2.05) is 61.5 Å². The lowest BCUT2D eigenvalue weighted by Gasteiger charge is -2.16. The highest BCUT2D eigenvalue weighted by molar-refractivity contribution is 5.90. The van der Waals surface area contributed by atoms with Gasteiger partial charge in [0.05, 0.1) is 6.61 Å². The third kappa shape index (κ3) is 7.90. The highest BCUT2D eigenvalue weighted by Crippen LogP contribution is 2.13. The van der Waals surface area contributed by atoms with E-state index in [0.717, 1.165) is 36.1 Å². The van der Waals surface area contributed by atoms with Crippen molar-refractivity contribution in [3.8, 4) is 0 Å². The van der Waals surface area contributed by atoms with Crippen molar-refractivity contribution < 1.29 is 19.5 Å². The molecule has 28 heavy (non-hydrogen) atoms. The second-order valence-electron chi connectivity index (χ2n) is 6.77. The summed E-state index contributed by atoms with van der Waals surface area (Å²) in [5, 5.41) is 11.8. The van der Waals surface area contributed by atoms with Crippen molar-refractivity contribution in [2.24, 2.45) is 0 Å². The fourth-order valence-corrected chi connectivity index (χ4v) is 2.78. The lowest BCUT2D eigenvalue weighted by Crippen LogP contribution is -2.34. The number of anilines is 1. The highest BCUT2D eigenvalue weighted by Gasteiger charge is 2.18. The van der Waals surface area contributed by atoms with Gasteiger partial charge in [-0.15, -0.1) is 0 Å². The molecule has 0 aliphatic heterocycles. The Morgan fingerprint density at radius 2 is 1.71 bits per heavy atom. The van der Waals surface area contributed by atoms with Gasteiger partial charge in [0.25, 0.3) is 5.91 Å². The van der Waals surface area contributed by atoms with Crippen LogP contribution in [-0.2, 0) is 20.9 Å². The normalized spacial score (nSPS) is 11.6. The third-order valence-corrected chi connectivity index (χ3v) is 4.40. The zero-order valence-electron chi connectivity index (χ0n) is 16.2. The highest BCUT2D eigenvalue weighted by atomic mass is 16.5. The van der Waals surface area contributed by atoms with Crippen molar-refractivity contribution in [3.63, 3.8) is 0 Å². The standard InChI is InChI=1S/C22H28N2O4/c1-17-12-14-18(15-13-17)16-28-20(22(26)24-27)10-6-3-7-11-21(25)23-19-8-4-2-5-9-19/h2,4-5,8-9,12-15,20,27H,3,6-7,10-11,16H2,1H3,(H,23,25)(H,24,26). The minimum atomic E-state index is -0.718. The van der Waals surface area contributed by atoms with Crippen LogP contribution in [0.5, 0.6) is 0 Å². The maximum absolute atomic E-state index is 11.9. The zero-order chi connectivity index (χ0) is 20.2. The molecule has 6 nitrogen and oxygen atoms in total. The molecule has 0 bridgehead atoms. The van der Waals surface area contributed by atoms with Crippen LogP contribution in [0.25, 0.3) is 0 Å². The molecule has 0 saturated carbocycles. The van der Waals surface area contributed by atoms with E-state index < -0.39 is 12.0 Å². The largest absolute Gasteiger partial charge is 0.364 e. The number of benzene rings is 2. The van der Waals surface area contributed by atoms with Gasteiger partial charge in [0.1, 0.15) is 6.10 Å². The Bertz CT molecular complexity index is 732. The van der Waals surface area contributed by atoms with Crippen molar-refractivity contribution in [2.45, 2.75) is 51.7 Å². The number of amides is 2. The van der Waals surface area contributed by atoms with Crippen molar-refractivity contribution in [2.75, 3.05) is 5.32 Å². The van der Waals surface area contributed by atoms with Crippen LogP contribution in [0.3, 0.4) is 0 Å². The first-order valence-corrected chi connectivity index (χ1v) is 9.54. The molecule has 0 aliphatic carbocycles. The lowest BCUT2D eigenvalue weighted by molar-refractivity contribution is -0.142. The summed E-state index contributed by atoms with van der Waals surface area (Å²) in [4.78, 5) is 23.7. The molecule has 2 amide bonds. The van der Waals surface area contributed by atoms with E-state index in [-0.39, 0.29) is 5.91 Å². The summed E-state index contributed by atoms with van der Waals surface area (Å²) in [5.41, 5.74) is 4.59. The van der Waals surface area contributed by atoms with Gasteiger partial charge in [0, 0.05) is 12.1 Å². The van der Waals surface area contributed by atoms with Gasteiger partial charge in [-0.05, 0) is 37.5 Å². The first-order valence-electron chi connectivity index (χ1n) is 9.54. The number of unbranched alkanes of at least 4 members (excludes halogenated alkanes) is 2. The number of aryl methyl sites for hydroxylation is 1. The Balaban J connectivity index is 1.67. The van der Waals surface area contributed by atoms with E-state index in [4.69, 9.17) is 9.94 Å². The molecule has 0 aliphatic rings. The monoisotopic (exact) mass is 384 g/mol. The summed E-state index contributed by atoms with van der Waals surface area (Å²) in [6.45, 7) is 2.31.